The van der Waals surface area contributed by atoms with E-state index in [-0.39, 0.29) is 42.2 Å². The van der Waals surface area contributed by atoms with E-state index in [9.17, 15) is 19.2 Å². The molecule has 0 saturated heterocycles. The van der Waals surface area contributed by atoms with E-state index in [4.69, 9.17) is 21.2 Å². The number of aryl methyl sites for hydroxylation is 4. The number of anilines is 2. The van der Waals surface area contributed by atoms with Gasteiger partial charge in [0.25, 0.3) is 11.8 Å². The minimum absolute atomic E-state index is 0.203. The molecule has 6 aromatic rings. The summed E-state index contributed by atoms with van der Waals surface area (Å²) in [6.07, 6.45) is 3.48. The van der Waals surface area contributed by atoms with Crippen LogP contribution in [0.5, 0.6) is 5.75 Å². The van der Waals surface area contributed by atoms with Crippen LogP contribution in [-0.2, 0) is 26.2 Å². The lowest BCUT2D eigenvalue weighted by Crippen LogP contribution is -2.20. The highest BCUT2D eigenvalue weighted by Crippen LogP contribution is 2.32. The van der Waals surface area contributed by atoms with Crippen LogP contribution in [0.3, 0.4) is 0 Å². The van der Waals surface area contributed by atoms with Crippen molar-refractivity contribution in [3.8, 4) is 5.75 Å². The van der Waals surface area contributed by atoms with Crippen molar-refractivity contribution in [3.63, 3.8) is 0 Å². The highest BCUT2D eigenvalue weighted by molar-refractivity contribution is 6.05. The van der Waals surface area contributed by atoms with Crippen LogP contribution in [0.4, 0.5) is 11.9 Å². The Labute approximate surface area is 310 Å². The second-order valence-corrected chi connectivity index (χ2v) is 12.9. The molecule has 0 aliphatic heterocycles. The lowest BCUT2D eigenvalue weighted by atomic mass is 10.1. The Morgan fingerprint density at radius 1 is 0.741 bits per heavy atom. The normalized spacial score (nSPS) is 11.6. The number of nitrogens with one attached hydrogen (secondary N) is 2. The zero-order valence-corrected chi connectivity index (χ0v) is 30.9. The predicted molar refractivity (Wildman–Crippen MR) is 203 cm³/mol. The number of hydrogen-bond donors (Lipinski definition) is 4. The molecule has 4 amide bonds. The molecule has 2 aromatic carbocycles. The van der Waals surface area contributed by atoms with Crippen molar-refractivity contribution >= 4 is 57.6 Å². The number of carbonyl (C=O) groups excluding carboxylic acids is 4. The molecule has 0 fully saturated rings. The number of allylic oxidation sites excluding steroid dienone is 2. The molecule has 0 bridgehead atoms. The summed E-state index contributed by atoms with van der Waals surface area (Å²) in [4.78, 5) is 60.6. The maximum Gasteiger partial charge on any atom is 0.276 e. The first-order valence-corrected chi connectivity index (χ1v) is 17.4. The molecule has 0 spiro atoms. The lowest BCUT2D eigenvalue weighted by molar-refractivity contribution is 0.0991. The Hall–Kier alpha value is -6.78. The Morgan fingerprint density at radius 3 is 1.80 bits per heavy atom. The fourth-order valence-corrected chi connectivity index (χ4v) is 6.18. The number of amides is 4. The number of nitrogens with zero attached hydrogens (tertiary/aromatic N) is 8. The number of primary amides is 2. The molecular formula is C37H42N12O5. The van der Waals surface area contributed by atoms with E-state index in [1.807, 2.05) is 53.7 Å². The third-order valence-electron chi connectivity index (χ3n) is 8.55. The first kappa shape index (κ1) is 37.0. The average molecular weight is 735 g/mol. The standard InChI is InChI=1S/C37H42N12O5/c1-7-48-28(15-21(5)44-48)34(52)42-36-40-25-17-23(32(38)50)11-12-27(25)46(36)13-9-10-14-47-31-26(18-24(33(39)51)19-30(31)54-20(3)4)41-37(47)43-35(53)29-16-22(6)45-49(29)8-2/h9-12,15-20H,7-8,13-14H2,1-6H3,(H2,38,50)(H2,39,51)(H,40,42,52)(H,41,43,53). The van der Waals surface area contributed by atoms with Crippen molar-refractivity contribution in [2.45, 2.75) is 73.8 Å². The molecule has 280 valence electrons. The highest BCUT2D eigenvalue weighted by Gasteiger charge is 2.23. The molecule has 0 aliphatic rings. The maximum atomic E-state index is 13.6. The minimum atomic E-state index is -0.652. The summed E-state index contributed by atoms with van der Waals surface area (Å²) >= 11 is 0. The van der Waals surface area contributed by atoms with Crippen molar-refractivity contribution in [1.82, 2.24) is 38.7 Å². The smallest absolute Gasteiger partial charge is 0.276 e. The molecule has 4 aromatic heterocycles. The molecule has 0 atom stereocenters. The number of ether oxygens (including phenoxy) is 1. The van der Waals surface area contributed by atoms with Crippen LogP contribution in [-0.4, -0.2) is 68.4 Å². The van der Waals surface area contributed by atoms with Gasteiger partial charge in [-0.3, -0.25) is 39.2 Å². The summed E-state index contributed by atoms with van der Waals surface area (Å²) in [6, 6.07) is 11.4. The SMILES string of the molecule is CCn1nc(C)cc1C(=O)Nc1nc2cc(C(N)=O)ccc2n1CC=CCn1c(NC(=O)c2cc(C)nn2CC)nc2cc(C(N)=O)cc(OC(C)C)c21. The summed E-state index contributed by atoms with van der Waals surface area (Å²) in [5.74, 6) is -1.25. The van der Waals surface area contributed by atoms with Crippen LogP contribution in [0.2, 0.25) is 0 Å². The average Bonchev–Trinajstić information content (AvgIpc) is 3.88. The molecule has 0 radical (unpaired) electrons. The van der Waals surface area contributed by atoms with Gasteiger partial charge in [-0.15, -0.1) is 0 Å². The van der Waals surface area contributed by atoms with E-state index in [1.165, 1.54) is 0 Å². The zero-order valence-electron chi connectivity index (χ0n) is 30.9. The van der Waals surface area contributed by atoms with Crippen molar-refractivity contribution in [3.05, 3.63) is 88.5 Å². The summed E-state index contributed by atoms with van der Waals surface area (Å²) in [7, 11) is 0. The molecular weight excluding hydrogens is 692 g/mol. The number of imidazole rings is 2. The van der Waals surface area contributed by atoms with Gasteiger partial charge in [0.2, 0.25) is 23.7 Å². The maximum absolute atomic E-state index is 13.6. The Balaban J connectivity index is 1.38. The van der Waals surface area contributed by atoms with Gasteiger partial charge in [0.1, 0.15) is 22.7 Å². The van der Waals surface area contributed by atoms with Gasteiger partial charge in [0, 0.05) is 37.3 Å². The minimum Gasteiger partial charge on any atom is -0.489 e. The van der Waals surface area contributed by atoms with E-state index in [1.54, 1.807) is 61.0 Å². The number of nitrogens with two attached hydrogens (primary N) is 2. The van der Waals surface area contributed by atoms with E-state index < -0.39 is 23.6 Å². The van der Waals surface area contributed by atoms with Crippen molar-refractivity contribution in [2.75, 3.05) is 10.6 Å². The molecule has 17 nitrogen and oxygen atoms in total. The number of benzene rings is 2. The van der Waals surface area contributed by atoms with Crippen molar-refractivity contribution in [2.24, 2.45) is 11.5 Å². The molecule has 54 heavy (non-hydrogen) atoms. The largest absolute Gasteiger partial charge is 0.489 e. The third-order valence-corrected chi connectivity index (χ3v) is 8.55. The molecule has 6 rings (SSSR count). The van der Waals surface area contributed by atoms with Gasteiger partial charge < -0.3 is 25.3 Å². The van der Waals surface area contributed by atoms with Gasteiger partial charge in [-0.2, -0.15) is 10.2 Å². The summed E-state index contributed by atoms with van der Waals surface area (Å²) in [5, 5.41) is 14.6. The van der Waals surface area contributed by atoms with Crippen molar-refractivity contribution < 1.29 is 23.9 Å². The highest BCUT2D eigenvalue weighted by atomic mass is 16.5. The predicted octanol–water partition coefficient (Wildman–Crippen LogP) is 4.18. The number of rotatable bonds is 14. The topological polar surface area (TPSA) is 225 Å². The van der Waals surface area contributed by atoms with Crippen LogP contribution >= 0.6 is 0 Å². The summed E-state index contributed by atoms with van der Waals surface area (Å²) in [6.45, 7) is 12.6. The fourth-order valence-electron chi connectivity index (χ4n) is 6.18. The van der Waals surface area contributed by atoms with Gasteiger partial charge in [0.05, 0.1) is 34.0 Å². The molecule has 0 unspecified atom stereocenters. The van der Waals surface area contributed by atoms with Gasteiger partial charge in [-0.1, -0.05) is 12.2 Å². The van der Waals surface area contributed by atoms with Crippen LogP contribution in [0.25, 0.3) is 22.1 Å². The van der Waals surface area contributed by atoms with Crippen LogP contribution in [0, 0.1) is 13.8 Å². The number of fused-ring (bicyclic) bond motifs is 2. The first-order valence-electron chi connectivity index (χ1n) is 17.4. The van der Waals surface area contributed by atoms with E-state index in [2.05, 4.69) is 25.8 Å². The Morgan fingerprint density at radius 2 is 1.26 bits per heavy atom. The lowest BCUT2D eigenvalue weighted by Gasteiger charge is -2.15. The second-order valence-electron chi connectivity index (χ2n) is 12.9. The first-order chi connectivity index (χ1) is 25.8. The molecule has 6 N–H and O–H groups in total. The Bertz CT molecular complexity index is 2460. The monoisotopic (exact) mass is 734 g/mol. The quantitative estimate of drug-likeness (QED) is 0.118. The van der Waals surface area contributed by atoms with Gasteiger partial charge in [-0.05, 0) is 84.0 Å². The third kappa shape index (κ3) is 7.41. The van der Waals surface area contributed by atoms with Crippen LogP contribution in [0.15, 0.2) is 54.6 Å². The van der Waals surface area contributed by atoms with Gasteiger partial charge >= 0.3 is 0 Å². The number of aromatic nitrogens is 8. The van der Waals surface area contributed by atoms with Crippen LogP contribution in [0.1, 0.15) is 80.8 Å². The molecule has 4 heterocycles. The van der Waals surface area contributed by atoms with E-state index in [0.29, 0.717) is 63.7 Å². The summed E-state index contributed by atoms with van der Waals surface area (Å²) < 4.78 is 12.9. The molecule has 0 saturated carbocycles. The number of carbonyl (C=O) groups is 4. The second kappa shape index (κ2) is 15.1. The number of hydrogen-bond acceptors (Lipinski definition) is 9. The fraction of sp³-hybridized carbons (Fsp3) is 0.297. The summed E-state index contributed by atoms with van der Waals surface area (Å²) in [5.41, 5.74) is 15.8. The van der Waals surface area contributed by atoms with Crippen LogP contribution < -0.4 is 26.8 Å². The van der Waals surface area contributed by atoms with Gasteiger partial charge in [0.15, 0.2) is 0 Å². The Kier molecular flexibility index (Phi) is 10.3. The molecule has 0 aliphatic carbocycles. The van der Waals surface area contributed by atoms with E-state index >= 15 is 0 Å². The zero-order chi connectivity index (χ0) is 38.8. The van der Waals surface area contributed by atoms with Gasteiger partial charge in [-0.25, -0.2) is 9.97 Å². The van der Waals surface area contributed by atoms with E-state index in [0.717, 1.165) is 0 Å². The molecule has 17 heteroatoms. The van der Waals surface area contributed by atoms with Crippen molar-refractivity contribution in [1.29, 1.82) is 0 Å².